The number of carbonyl (C=O) groups excluding carboxylic acids is 1. The summed E-state index contributed by atoms with van der Waals surface area (Å²) in [5.74, 6) is 0.992. The number of carbonyl (C=O) groups is 1. The predicted octanol–water partition coefficient (Wildman–Crippen LogP) is 3.62. The summed E-state index contributed by atoms with van der Waals surface area (Å²) in [6.07, 6.45) is 3.65. The largest absolute Gasteiger partial charge is 0.352 e. The molecule has 0 bridgehead atoms. The first-order chi connectivity index (χ1) is 9.76. The quantitative estimate of drug-likeness (QED) is 0.826. The van der Waals surface area contributed by atoms with Gasteiger partial charge in [-0.15, -0.1) is 11.6 Å². The lowest BCUT2D eigenvalue weighted by Gasteiger charge is -2.14. The lowest BCUT2D eigenvalue weighted by atomic mass is 10.0. The Labute approximate surface area is 124 Å². The van der Waals surface area contributed by atoms with Crippen molar-refractivity contribution in [3.63, 3.8) is 0 Å². The van der Waals surface area contributed by atoms with E-state index in [0.29, 0.717) is 23.9 Å². The van der Waals surface area contributed by atoms with Gasteiger partial charge >= 0.3 is 0 Å². The molecule has 3 nitrogen and oxygen atoms in total. The molecule has 0 aliphatic heterocycles. The Kier molecular flexibility index (Phi) is 5.36. The molecule has 0 saturated carbocycles. The Morgan fingerprint density at radius 2 is 2.15 bits per heavy atom. The first-order valence-corrected chi connectivity index (χ1v) is 7.47. The summed E-state index contributed by atoms with van der Waals surface area (Å²) in [6.45, 7) is 2.77. The van der Waals surface area contributed by atoms with Crippen molar-refractivity contribution in [3.8, 4) is 0 Å². The van der Waals surface area contributed by atoms with E-state index in [4.69, 9.17) is 11.6 Å². The van der Waals surface area contributed by atoms with Crippen LogP contribution in [0.4, 0.5) is 0 Å². The standard InChI is InChI=1S/C16H19ClN2O/c1-2-12(8-9-17)11-19-16(20)14-7-3-5-13-6-4-10-18-15(13)14/h3-7,10,12H,2,8-9,11H2,1H3,(H,19,20). The Hall–Kier alpha value is -1.61. The van der Waals surface area contributed by atoms with Gasteiger partial charge in [0.15, 0.2) is 0 Å². The van der Waals surface area contributed by atoms with E-state index in [0.717, 1.165) is 23.7 Å². The molecule has 4 heteroatoms. The Balaban J connectivity index is 2.11. The minimum atomic E-state index is -0.0673. The topological polar surface area (TPSA) is 42.0 Å². The number of hydrogen-bond donors (Lipinski definition) is 1. The monoisotopic (exact) mass is 290 g/mol. The van der Waals surface area contributed by atoms with Gasteiger partial charge in [0.2, 0.25) is 0 Å². The highest BCUT2D eigenvalue weighted by molar-refractivity contribution is 6.17. The molecule has 20 heavy (non-hydrogen) atoms. The number of alkyl halides is 1. The van der Waals surface area contributed by atoms with E-state index in [1.165, 1.54) is 0 Å². The number of hydrogen-bond acceptors (Lipinski definition) is 2. The molecule has 0 spiro atoms. The molecule has 0 aliphatic carbocycles. The zero-order valence-electron chi connectivity index (χ0n) is 11.6. The van der Waals surface area contributed by atoms with Crippen molar-refractivity contribution in [1.82, 2.24) is 10.3 Å². The van der Waals surface area contributed by atoms with Crippen molar-refractivity contribution in [3.05, 3.63) is 42.1 Å². The maximum absolute atomic E-state index is 12.3. The van der Waals surface area contributed by atoms with Gasteiger partial charge in [-0.05, 0) is 24.5 Å². The third-order valence-electron chi connectivity index (χ3n) is 3.52. The molecule has 0 fully saturated rings. The van der Waals surface area contributed by atoms with E-state index in [2.05, 4.69) is 17.2 Å². The number of aromatic nitrogens is 1. The van der Waals surface area contributed by atoms with Gasteiger partial charge in [-0.1, -0.05) is 31.5 Å². The van der Waals surface area contributed by atoms with Gasteiger partial charge in [-0.25, -0.2) is 0 Å². The molecule has 1 amide bonds. The van der Waals surface area contributed by atoms with Crippen LogP contribution in [0.25, 0.3) is 10.9 Å². The van der Waals surface area contributed by atoms with E-state index in [9.17, 15) is 4.79 Å². The Morgan fingerprint density at radius 3 is 2.90 bits per heavy atom. The fourth-order valence-corrected chi connectivity index (χ4v) is 2.53. The first kappa shape index (κ1) is 14.8. The summed E-state index contributed by atoms with van der Waals surface area (Å²) >= 11 is 5.76. The zero-order valence-corrected chi connectivity index (χ0v) is 12.4. The van der Waals surface area contributed by atoms with E-state index in [1.807, 2.05) is 30.3 Å². The van der Waals surface area contributed by atoms with Crippen LogP contribution in [0.15, 0.2) is 36.5 Å². The van der Waals surface area contributed by atoms with Gasteiger partial charge in [0, 0.05) is 24.0 Å². The normalized spacial score (nSPS) is 12.3. The third-order valence-corrected chi connectivity index (χ3v) is 3.74. The summed E-state index contributed by atoms with van der Waals surface area (Å²) in [5.41, 5.74) is 1.38. The van der Waals surface area contributed by atoms with Crippen LogP contribution in [0.2, 0.25) is 0 Å². The average Bonchev–Trinajstić information content (AvgIpc) is 2.50. The number of rotatable bonds is 6. The van der Waals surface area contributed by atoms with Crippen LogP contribution in [-0.4, -0.2) is 23.3 Å². The smallest absolute Gasteiger partial charge is 0.253 e. The number of fused-ring (bicyclic) bond motifs is 1. The summed E-state index contributed by atoms with van der Waals surface area (Å²) in [5, 5.41) is 3.97. The molecular formula is C16H19ClN2O. The number of amides is 1. The molecule has 0 aliphatic rings. The van der Waals surface area contributed by atoms with E-state index in [-0.39, 0.29) is 5.91 Å². The molecule has 2 aromatic rings. The summed E-state index contributed by atoms with van der Waals surface area (Å²) in [7, 11) is 0. The minimum Gasteiger partial charge on any atom is -0.352 e. The molecule has 1 heterocycles. The van der Waals surface area contributed by atoms with Gasteiger partial charge < -0.3 is 5.32 Å². The molecule has 1 aromatic carbocycles. The van der Waals surface area contributed by atoms with Gasteiger partial charge in [0.25, 0.3) is 5.91 Å². The minimum absolute atomic E-state index is 0.0673. The zero-order chi connectivity index (χ0) is 14.4. The number of nitrogens with one attached hydrogen (secondary N) is 1. The van der Waals surface area contributed by atoms with Gasteiger partial charge in [-0.3, -0.25) is 9.78 Å². The summed E-state index contributed by atoms with van der Waals surface area (Å²) in [4.78, 5) is 16.6. The molecular weight excluding hydrogens is 272 g/mol. The number of para-hydroxylation sites is 1. The van der Waals surface area contributed by atoms with Gasteiger partial charge in [0.05, 0.1) is 11.1 Å². The second-order valence-corrected chi connectivity index (χ2v) is 5.22. The van der Waals surface area contributed by atoms with Gasteiger partial charge in [-0.2, -0.15) is 0 Å². The summed E-state index contributed by atoms with van der Waals surface area (Å²) < 4.78 is 0. The van der Waals surface area contributed by atoms with Crippen molar-refractivity contribution in [2.24, 2.45) is 5.92 Å². The van der Waals surface area contributed by atoms with Crippen LogP contribution in [0.1, 0.15) is 30.1 Å². The summed E-state index contributed by atoms with van der Waals surface area (Å²) in [6, 6.07) is 9.49. The second kappa shape index (κ2) is 7.25. The number of halogens is 1. The molecule has 1 unspecified atom stereocenters. The van der Waals surface area contributed by atoms with E-state index >= 15 is 0 Å². The van der Waals surface area contributed by atoms with Crippen LogP contribution in [0, 0.1) is 5.92 Å². The third kappa shape index (κ3) is 3.48. The van der Waals surface area contributed by atoms with Gasteiger partial charge in [0.1, 0.15) is 0 Å². The SMILES string of the molecule is CCC(CCCl)CNC(=O)c1cccc2cccnc12. The van der Waals surface area contributed by atoms with Crippen molar-refractivity contribution in [1.29, 1.82) is 0 Å². The fraction of sp³-hybridized carbons (Fsp3) is 0.375. The van der Waals surface area contributed by atoms with Crippen LogP contribution in [-0.2, 0) is 0 Å². The number of nitrogens with zero attached hydrogens (tertiary/aromatic N) is 1. The Bertz CT molecular complexity index is 580. The van der Waals surface area contributed by atoms with E-state index in [1.54, 1.807) is 6.20 Å². The molecule has 106 valence electrons. The fourth-order valence-electron chi connectivity index (χ4n) is 2.22. The van der Waals surface area contributed by atoms with Crippen molar-refractivity contribution < 1.29 is 4.79 Å². The Morgan fingerprint density at radius 1 is 1.35 bits per heavy atom. The predicted molar refractivity (Wildman–Crippen MR) is 83.2 cm³/mol. The van der Waals surface area contributed by atoms with Crippen molar-refractivity contribution >= 4 is 28.4 Å². The first-order valence-electron chi connectivity index (χ1n) is 6.94. The van der Waals surface area contributed by atoms with Crippen LogP contribution in [0.3, 0.4) is 0 Å². The lowest BCUT2D eigenvalue weighted by molar-refractivity contribution is 0.0948. The lowest BCUT2D eigenvalue weighted by Crippen LogP contribution is -2.29. The van der Waals surface area contributed by atoms with Crippen molar-refractivity contribution in [2.45, 2.75) is 19.8 Å². The molecule has 2 rings (SSSR count). The van der Waals surface area contributed by atoms with E-state index < -0.39 is 0 Å². The number of benzene rings is 1. The van der Waals surface area contributed by atoms with Crippen molar-refractivity contribution in [2.75, 3.05) is 12.4 Å². The maximum atomic E-state index is 12.3. The highest BCUT2D eigenvalue weighted by Crippen LogP contribution is 2.16. The molecule has 0 radical (unpaired) electrons. The second-order valence-electron chi connectivity index (χ2n) is 4.84. The maximum Gasteiger partial charge on any atom is 0.253 e. The molecule has 1 atom stereocenters. The van der Waals surface area contributed by atoms with Crippen LogP contribution in [0.5, 0.6) is 0 Å². The highest BCUT2D eigenvalue weighted by atomic mass is 35.5. The number of pyridine rings is 1. The molecule has 1 N–H and O–H groups in total. The van der Waals surface area contributed by atoms with Crippen LogP contribution < -0.4 is 5.32 Å². The molecule has 0 saturated heterocycles. The molecule has 1 aromatic heterocycles. The van der Waals surface area contributed by atoms with Crippen LogP contribution >= 0.6 is 11.6 Å². The average molecular weight is 291 g/mol. The highest BCUT2D eigenvalue weighted by Gasteiger charge is 2.12.